The Kier molecular flexibility index (Phi) is 7.05. The fourth-order valence-corrected chi connectivity index (χ4v) is 4.77. The van der Waals surface area contributed by atoms with Crippen molar-refractivity contribution in [3.63, 3.8) is 0 Å². The molecule has 0 bridgehead atoms. The number of nitrogens with one attached hydrogen (secondary N) is 3. The van der Waals surface area contributed by atoms with Crippen molar-refractivity contribution >= 4 is 29.0 Å². The summed E-state index contributed by atoms with van der Waals surface area (Å²) in [6, 6.07) is 21.5. The van der Waals surface area contributed by atoms with E-state index >= 15 is 0 Å². The first-order valence-electron chi connectivity index (χ1n) is 12.4. The minimum Gasteiger partial charge on any atom is -0.493 e. The van der Waals surface area contributed by atoms with Crippen LogP contribution in [0.4, 0.5) is 17.2 Å². The highest BCUT2D eigenvalue weighted by atomic mass is 16.5. The SMILES string of the molecule is COc1cccc([C@H]2C(C(=O)Nc3ccccc3)=C(C)Nc3c(C(=O)Nc4cccc(C)c4)cnn32)c1OC. The van der Waals surface area contributed by atoms with Gasteiger partial charge in [-0.05, 0) is 49.7 Å². The topological polar surface area (TPSA) is 107 Å². The summed E-state index contributed by atoms with van der Waals surface area (Å²) in [6.45, 7) is 3.76. The molecule has 1 aliphatic rings. The minimum atomic E-state index is -0.712. The molecule has 1 aliphatic heterocycles. The number of methoxy groups -OCH3 is 2. The molecule has 3 N–H and O–H groups in total. The average molecular weight is 524 g/mol. The smallest absolute Gasteiger partial charge is 0.261 e. The van der Waals surface area contributed by atoms with Gasteiger partial charge in [0.1, 0.15) is 17.4 Å². The number of anilines is 3. The van der Waals surface area contributed by atoms with Crippen molar-refractivity contribution in [2.24, 2.45) is 0 Å². The van der Waals surface area contributed by atoms with Gasteiger partial charge in [0.25, 0.3) is 11.8 Å². The van der Waals surface area contributed by atoms with Crippen LogP contribution in [0.5, 0.6) is 11.5 Å². The molecule has 0 saturated heterocycles. The van der Waals surface area contributed by atoms with Crippen molar-refractivity contribution in [2.75, 3.05) is 30.2 Å². The number of carbonyl (C=O) groups is 2. The molecule has 9 heteroatoms. The molecule has 1 atom stereocenters. The van der Waals surface area contributed by atoms with Crippen molar-refractivity contribution in [1.29, 1.82) is 0 Å². The van der Waals surface area contributed by atoms with Crippen LogP contribution in [0.3, 0.4) is 0 Å². The average Bonchev–Trinajstić information content (AvgIpc) is 3.35. The van der Waals surface area contributed by atoms with E-state index in [0.717, 1.165) is 5.56 Å². The number of aromatic nitrogens is 2. The Bertz CT molecular complexity index is 1580. The number of nitrogens with zero attached hydrogens (tertiary/aromatic N) is 2. The highest BCUT2D eigenvalue weighted by molar-refractivity contribution is 6.09. The van der Waals surface area contributed by atoms with Crippen LogP contribution in [0, 0.1) is 6.92 Å². The Balaban J connectivity index is 1.61. The third-order valence-electron chi connectivity index (χ3n) is 6.55. The van der Waals surface area contributed by atoms with Gasteiger partial charge in [0.15, 0.2) is 11.5 Å². The number of amides is 2. The number of allylic oxidation sites excluding steroid dienone is 1. The zero-order chi connectivity index (χ0) is 27.5. The number of ether oxygens (including phenoxy) is 2. The quantitative estimate of drug-likeness (QED) is 0.300. The van der Waals surface area contributed by atoms with E-state index < -0.39 is 6.04 Å². The molecule has 9 nitrogen and oxygen atoms in total. The molecule has 198 valence electrons. The van der Waals surface area contributed by atoms with Crippen LogP contribution in [0.25, 0.3) is 0 Å². The maximum Gasteiger partial charge on any atom is 0.261 e. The Labute approximate surface area is 226 Å². The van der Waals surface area contributed by atoms with E-state index in [4.69, 9.17) is 9.47 Å². The van der Waals surface area contributed by atoms with Gasteiger partial charge in [0, 0.05) is 22.6 Å². The number of aryl methyl sites for hydroxylation is 1. The fourth-order valence-electron chi connectivity index (χ4n) is 4.77. The van der Waals surface area contributed by atoms with E-state index in [2.05, 4.69) is 21.0 Å². The Morgan fingerprint density at radius 2 is 1.59 bits per heavy atom. The van der Waals surface area contributed by atoms with E-state index in [0.29, 0.717) is 51.1 Å². The van der Waals surface area contributed by atoms with Gasteiger partial charge < -0.3 is 25.4 Å². The monoisotopic (exact) mass is 523 g/mol. The molecule has 3 aromatic carbocycles. The number of carbonyl (C=O) groups excluding carboxylic acids is 2. The van der Waals surface area contributed by atoms with Crippen LogP contribution in [0.2, 0.25) is 0 Å². The molecule has 0 spiro atoms. The van der Waals surface area contributed by atoms with E-state index in [1.54, 1.807) is 31.9 Å². The number of rotatable bonds is 7. The maximum atomic E-state index is 13.7. The summed E-state index contributed by atoms with van der Waals surface area (Å²) in [6.07, 6.45) is 1.50. The van der Waals surface area contributed by atoms with Gasteiger partial charge in [-0.1, -0.05) is 42.5 Å². The molecule has 0 saturated carbocycles. The second-order valence-electron chi connectivity index (χ2n) is 9.14. The first-order chi connectivity index (χ1) is 18.9. The molecule has 1 aromatic heterocycles. The summed E-state index contributed by atoms with van der Waals surface area (Å²) < 4.78 is 12.9. The molecule has 0 fully saturated rings. The normalized spacial score (nSPS) is 14.2. The highest BCUT2D eigenvalue weighted by Gasteiger charge is 2.37. The summed E-state index contributed by atoms with van der Waals surface area (Å²) in [7, 11) is 3.11. The Hall–Kier alpha value is -5.05. The van der Waals surface area contributed by atoms with E-state index in [1.165, 1.54) is 6.20 Å². The van der Waals surface area contributed by atoms with Crippen molar-refractivity contribution in [1.82, 2.24) is 9.78 Å². The van der Waals surface area contributed by atoms with Crippen LogP contribution >= 0.6 is 0 Å². The van der Waals surface area contributed by atoms with Gasteiger partial charge >= 0.3 is 0 Å². The molecular formula is C30H29N5O4. The minimum absolute atomic E-state index is 0.312. The van der Waals surface area contributed by atoms with Crippen molar-refractivity contribution in [3.05, 3.63) is 107 Å². The first-order valence-corrected chi connectivity index (χ1v) is 12.4. The number of hydrogen-bond acceptors (Lipinski definition) is 6. The molecule has 2 heterocycles. The van der Waals surface area contributed by atoms with E-state index in [9.17, 15) is 9.59 Å². The number of benzene rings is 3. The third-order valence-corrected chi connectivity index (χ3v) is 6.55. The lowest BCUT2D eigenvalue weighted by atomic mass is 9.93. The fraction of sp³-hybridized carbons (Fsp3) is 0.167. The van der Waals surface area contributed by atoms with E-state index in [-0.39, 0.29) is 11.8 Å². The predicted molar refractivity (Wildman–Crippen MR) is 150 cm³/mol. The highest BCUT2D eigenvalue weighted by Crippen LogP contribution is 2.44. The molecule has 0 aliphatic carbocycles. The largest absolute Gasteiger partial charge is 0.493 e. The molecule has 0 unspecified atom stereocenters. The van der Waals surface area contributed by atoms with Crippen molar-refractivity contribution < 1.29 is 19.1 Å². The number of hydrogen-bond donors (Lipinski definition) is 3. The lowest BCUT2D eigenvalue weighted by Crippen LogP contribution is -2.32. The first kappa shape index (κ1) is 25.6. The second kappa shape index (κ2) is 10.7. The summed E-state index contributed by atoms with van der Waals surface area (Å²) in [4.78, 5) is 27.1. The van der Waals surface area contributed by atoms with E-state index in [1.807, 2.05) is 73.7 Å². The molecule has 2 amide bonds. The summed E-state index contributed by atoms with van der Waals surface area (Å²) in [5.74, 6) is 0.810. The summed E-state index contributed by atoms with van der Waals surface area (Å²) in [5.41, 5.74) is 4.36. The van der Waals surface area contributed by atoms with Crippen LogP contribution in [0.1, 0.15) is 34.5 Å². The van der Waals surface area contributed by atoms with Gasteiger partial charge in [0.2, 0.25) is 0 Å². The summed E-state index contributed by atoms with van der Waals surface area (Å²) >= 11 is 0. The molecule has 0 radical (unpaired) electrons. The van der Waals surface area contributed by atoms with Gasteiger partial charge in [-0.3, -0.25) is 9.59 Å². The number of fused-ring (bicyclic) bond motifs is 1. The Morgan fingerprint density at radius 1 is 0.872 bits per heavy atom. The lowest BCUT2D eigenvalue weighted by molar-refractivity contribution is -0.113. The van der Waals surface area contributed by atoms with Crippen molar-refractivity contribution in [2.45, 2.75) is 19.9 Å². The standard InChI is InChI=1S/C30H29N5O4/c1-18-10-8-13-21(16-18)34-29(36)23-17-31-35-26(22-14-9-15-24(38-3)27(22)39-4)25(19(2)32-28(23)35)30(37)33-20-11-6-5-7-12-20/h5-17,26,32H,1-4H3,(H,33,37)(H,34,36)/t26-/m0/s1. The maximum absolute atomic E-state index is 13.7. The van der Waals surface area contributed by atoms with Gasteiger partial charge in [-0.15, -0.1) is 0 Å². The lowest BCUT2D eigenvalue weighted by Gasteiger charge is -2.31. The third kappa shape index (κ3) is 4.94. The number of para-hydroxylation sites is 2. The van der Waals surface area contributed by atoms with Crippen LogP contribution in [0.15, 0.2) is 90.3 Å². The van der Waals surface area contributed by atoms with Gasteiger partial charge in [0.05, 0.1) is 26.0 Å². The second-order valence-corrected chi connectivity index (χ2v) is 9.14. The predicted octanol–water partition coefficient (Wildman–Crippen LogP) is 5.39. The Morgan fingerprint density at radius 3 is 2.31 bits per heavy atom. The molecule has 4 aromatic rings. The van der Waals surface area contributed by atoms with Crippen LogP contribution in [-0.2, 0) is 4.79 Å². The van der Waals surface area contributed by atoms with Gasteiger partial charge in [-0.25, -0.2) is 4.68 Å². The molecular weight excluding hydrogens is 494 g/mol. The zero-order valence-electron chi connectivity index (χ0n) is 22.1. The van der Waals surface area contributed by atoms with Crippen molar-refractivity contribution in [3.8, 4) is 11.5 Å². The van der Waals surface area contributed by atoms with Crippen LogP contribution < -0.4 is 25.4 Å². The van der Waals surface area contributed by atoms with Gasteiger partial charge in [-0.2, -0.15) is 5.10 Å². The zero-order valence-corrected chi connectivity index (χ0v) is 22.1. The molecule has 5 rings (SSSR count). The van der Waals surface area contributed by atoms with Crippen LogP contribution in [-0.4, -0.2) is 35.8 Å². The molecule has 39 heavy (non-hydrogen) atoms. The summed E-state index contributed by atoms with van der Waals surface area (Å²) in [5, 5.41) is 13.8.